The van der Waals surface area contributed by atoms with Crippen LogP contribution >= 0.6 is 22.9 Å². The van der Waals surface area contributed by atoms with Crippen molar-refractivity contribution in [3.8, 4) is 0 Å². The molecule has 0 atom stereocenters. The number of morpholine rings is 1. The van der Waals surface area contributed by atoms with Crippen molar-refractivity contribution in [1.82, 2.24) is 9.88 Å². The summed E-state index contributed by atoms with van der Waals surface area (Å²) >= 11 is 7.98. The molecule has 5 nitrogen and oxygen atoms in total. The third-order valence-corrected chi connectivity index (χ3v) is 7.64. The Bertz CT molecular complexity index is 805. The van der Waals surface area contributed by atoms with Crippen LogP contribution in [-0.4, -0.2) is 55.2 Å². The van der Waals surface area contributed by atoms with Crippen LogP contribution in [0.2, 0.25) is 5.02 Å². The zero-order chi connectivity index (χ0) is 20.2. The van der Waals surface area contributed by atoms with Crippen LogP contribution in [0, 0.1) is 12.8 Å². The largest absolute Gasteiger partial charge is 0.379 e. The Morgan fingerprint density at radius 2 is 2.03 bits per heavy atom. The summed E-state index contributed by atoms with van der Waals surface area (Å²) in [5.41, 5.74) is 2.03. The number of halogens is 1. The van der Waals surface area contributed by atoms with Gasteiger partial charge < -0.3 is 4.74 Å². The predicted octanol–water partition coefficient (Wildman–Crippen LogP) is 4.89. The summed E-state index contributed by atoms with van der Waals surface area (Å²) in [4.78, 5) is 22.7. The number of hydrogen-bond acceptors (Lipinski definition) is 5. The van der Waals surface area contributed by atoms with Crippen LogP contribution in [0.1, 0.15) is 44.1 Å². The lowest BCUT2D eigenvalue weighted by Crippen LogP contribution is -2.41. The Morgan fingerprint density at radius 3 is 2.76 bits per heavy atom. The van der Waals surface area contributed by atoms with Gasteiger partial charge in [0, 0.05) is 32.1 Å². The van der Waals surface area contributed by atoms with Crippen molar-refractivity contribution in [1.29, 1.82) is 0 Å². The van der Waals surface area contributed by atoms with Crippen molar-refractivity contribution in [3.05, 3.63) is 22.7 Å². The number of fused-ring (bicyclic) bond motifs is 1. The Labute approximate surface area is 182 Å². The van der Waals surface area contributed by atoms with Crippen LogP contribution < -0.4 is 4.90 Å². The van der Waals surface area contributed by atoms with Gasteiger partial charge in [0.05, 0.1) is 28.5 Å². The summed E-state index contributed by atoms with van der Waals surface area (Å²) in [6, 6.07) is 3.92. The molecule has 1 aromatic carbocycles. The van der Waals surface area contributed by atoms with Crippen LogP contribution in [0.4, 0.5) is 5.13 Å². The quantitative estimate of drug-likeness (QED) is 0.647. The molecular weight excluding hydrogens is 406 g/mol. The smallest absolute Gasteiger partial charge is 0.231 e. The van der Waals surface area contributed by atoms with Gasteiger partial charge in [0.2, 0.25) is 5.91 Å². The van der Waals surface area contributed by atoms with Gasteiger partial charge in [-0.05, 0) is 37.8 Å². The minimum atomic E-state index is 0.135. The Balaban J connectivity index is 1.54. The summed E-state index contributed by atoms with van der Waals surface area (Å²) in [6.45, 7) is 7.32. The maximum atomic E-state index is 13.5. The molecule has 2 heterocycles. The van der Waals surface area contributed by atoms with Crippen LogP contribution in [0.3, 0.4) is 0 Å². The van der Waals surface area contributed by atoms with Crippen molar-refractivity contribution in [2.24, 2.45) is 5.92 Å². The zero-order valence-corrected chi connectivity index (χ0v) is 18.7. The molecule has 2 aromatic rings. The van der Waals surface area contributed by atoms with Crippen molar-refractivity contribution in [3.63, 3.8) is 0 Å². The fourth-order valence-corrected chi connectivity index (χ4v) is 5.70. The van der Waals surface area contributed by atoms with E-state index in [2.05, 4.69) is 4.90 Å². The number of hydrogen-bond donors (Lipinski definition) is 0. The van der Waals surface area contributed by atoms with E-state index in [-0.39, 0.29) is 11.8 Å². The van der Waals surface area contributed by atoms with E-state index in [1.165, 1.54) is 6.42 Å². The molecule has 0 bridgehead atoms. The van der Waals surface area contributed by atoms with E-state index in [1.807, 2.05) is 24.0 Å². The lowest BCUT2D eigenvalue weighted by atomic mass is 9.88. The maximum absolute atomic E-state index is 13.5. The molecule has 2 aliphatic rings. The van der Waals surface area contributed by atoms with Gasteiger partial charge in [-0.25, -0.2) is 4.98 Å². The first-order valence-corrected chi connectivity index (χ1v) is 12.0. The molecule has 29 heavy (non-hydrogen) atoms. The summed E-state index contributed by atoms with van der Waals surface area (Å²) in [5, 5.41) is 1.52. The van der Waals surface area contributed by atoms with Gasteiger partial charge in [0.1, 0.15) is 0 Å². The fourth-order valence-electron chi connectivity index (χ4n) is 4.35. The number of aryl methyl sites for hydroxylation is 1. The first-order chi connectivity index (χ1) is 14.1. The second kappa shape index (κ2) is 9.73. The maximum Gasteiger partial charge on any atom is 0.231 e. The van der Waals surface area contributed by atoms with Gasteiger partial charge in [-0.1, -0.05) is 48.3 Å². The predicted molar refractivity (Wildman–Crippen MR) is 120 cm³/mol. The lowest BCUT2D eigenvalue weighted by molar-refractivity contribution is -0.123. The topological polar surface area (TPSA) is 45.7 Å². The van der Waals surface area contributed by atoms with E-state index in [0.717, 1.165) is 85.9 Å². The first kappa shape index (κ1) is 21.0. The second-order valence-corrected chi connectivity index (χ2v) is 9.56. The van der Waals surface area contributed by atoms with Gasteiger partial charge in [0.15, 0.2) is 5.13 Å². The highest BCUT2D eigenvalue weighted by atomic mass is 35.5. The van der Waals surface area contributed by atoms with Crippen molar-refractivity contribution < 1.29 is 9.53 Å². The number of thiazole rings is 1. The van der Waals surface area contributed by atoms with E-state index in [9.17, 15) is 4.79 Å². The van der Waals surface area contributed by atoms with Crippen LogP contribution in [0.15, 0.2) is 12.1 Å². The number of carbonyl (C=O) groups excluding carboxylic acids is 1. The summed E-state index contributed by atoms with van der Waals surface area (Å²) in [6.07, 6.45) is 6.51. The molecule has 1 aliphatic heterocycles. The number of nitrogens with zero attached hydrogens (tertiary/aromatic N) is 3. The minimum absolute atomic E-state index is 0.135. The standard InChI is InChI=1S/C22H30ClN3O2S/c1-16-8-9-18(23)20-19(16)24-22(29-20)26(21(27)17-6-3-2-4-7-17)11-5-10-25-12-14-28-15-13-25/h8-9,17H,2-7,10-15H2,1H3. The highest BCUT2D eigenvalue weighted by Gasteiger charge is 2.29. The van der Waals surface area contributed by atoms with E-state index < -0.39 is 0 Å². The molecule has 158 valence electrons. The monoisotopic (exact) mass is 435 g/mol. The molecule has 0 spiro atoms. The average Bonchev–Trinajstić information content (AvgIpc) is 3.21. The summed E-state index contributed by atoms with van der Waals surface area (Å²) < 4.78 is 6.43. The van der Waals surface area contributed by atoms with E-state index >= 15 is 0 Å². The second-order valence-electron chi connectivity index (χ2n) is 8.17. The van der Waals surface area contributed by atoms with Gasteiger partial charge in [-0.15, -0.1) is 0 Å². The number of anilines is 1. The molecule has 1 aromatic heterocycles. The molecule has 2 fully saturated rings. The van der Waals surface area contributed by atoms with Crippen LogP contribution in [0.5, 0.6) is 0 Å². The molecule has 1 aliphatic carbocycles. The molecule has 1 amide bonds. The van der Waals surface area contributed by atoms with Gasteiger partial charge in [0.25, 0.3) is 0 Å². The Hall–Kier alpha value is -1.21. The minimum Gasteiger partial charge on any atom is -0.379 e. The van der Waals surface area contributed by atoms with Crippen molar-refractivity contribution in [2.45, 2.75) is 45.4 Å². The van der Waals surface area contributed by atoms with Gasteiger partial charge >= 0.3 is 0 Å². The number of ether oxygens (including phenoxy) is 1. The normalized spacial score (nSPS) is 19.0. The number of rotatable bonds is 6. The zero-order valence-electron chi connectivity index (χ0n) is 17.2. The number of benzene rings is 1. The molecule has 0 N–H and O–H groups in total. The summed E-state index contributed by atoms with van der Waals surface area (Å²) in [5.74, 6) is 0.384. The van der Waals surface area contributed by atoms with E-state index in [4.69, 9.17) is 21.3 Å². The van der Waals surface area contributed by atoms with Gasteiger partial charge in [-0.2, -0.15) is 0 Å². The molecule has 0 unspecified atom stereocenters. The van der Waals surface area contributed by atoms with Crippen LogP contribution in [-0.2, 0) is 9.53 Å². The van der Waals surface area contributed by atoms with Crippen LogP contribution in [0.25, 0.3) is 10.2 Å². The lowest BCUT2D eigenvalue weighted by Gasteiger charge is -2.30. The molecular formula is C22H30ClN3O2S. The third-order valence-electron chi connectivity index (χ3n) is 6.10. The first-order valence-electron chi connectivity index (χ1n) is 10.8. The molecule has 1 saturated carbocycles. The number of amides is 1. The molecule has 1 saturated heterocycles. The Kier molecular flexibility index (Phi) is 7.06. The third kappa shape index (κ3) is 4.93. The molecule has 4 rings (SSSR count). The summed E-state index contributed by atoms with van der Waals surface area (Å²) in [7, 11) is 0. The highest BCUT2D eigenvalue weighted by molar-refractivity contribution is 7.23. The van der Waals surface area contributed by atoms with Gasteiger partial charge in [-0.3, -0.25) is 14.6 Å². The Morgan fingerprint density at radius 1 is 1.28 bits per heavy atom. The molecule has 7 heteroatoms. The molecule has 0 radical (unpaired) electrons. The SMILES string of the molecule is Cc1ccc(Cl)c2sc(N(CCCN3CCOCC3)C(=O)C3CCCCC3)nc12. The van der Waals surface area contributed by atoms with Crippen molar-refractivity contribution in [2.75, 3.05) is 44.3 Å². The number of carbonyl (C=O) groups is 1. The van der Waals surface area contributed by atoms with E-state index in [0.29, 0.717) is 11.6 Å². The fraction of sp³-hybridized carbons (Fsp3) is 0.636. The average molecular weight is 436 g/mol. The highest BCUT2D eigenvalue weighted by Crippen LogP contribution is 2.37. The van der Waals surface area contributed by atoms with Crippen molar-refractivity contribution >= 4 is 44.2 Å². The van der Waals surface area contributed by atoms with E-state index in [1.54, 1.807) is 11.3 Å². The number of aromatic nitrogens is 1.